The van der Waals surface area contributed by atoms with Gasteiger partial charge in [0.15, 0.2) is 0 Å². The average molecular weight is 296 g/mol. The number of rotatable bonds is 3. The molecule has 100 valence electrons. The van der Waals surface area contributed by atoms with Crippen LogP contribution in [0.4, 0.5) is 5.69 Å². The van der Waals surface area contributed by atoms with Crippen molar-refractivity contribution < 1.29 is 4.74 Å². The molecular weight excluding hydrogens is 281 g/mol. The summed E-state index contributed by atoms with van der Waals surface area (Å²) < 4.78 is 5.85. The number of benzene rings is 2. The summed E-state index contributed by atoms with van der Waals surface area (Å²) >= 11 is 12.0. The van der Waals surface area contributed by atoms with Gasteiger partial charge in [0.25, 0.3) is 0 Å². The van der Waals surface area contributed by atoms with E-state index in [0.717, 1.165) is 28.1 Å². The SMILES string of the molecule is Cc1ccc(N)c(C)c1OCc1ccc(Cl)cc1Cl. The fourth-order valence-electron chi connectivity index (χ4n) is 1.85. The van der Waals surface area contributed by atoms with Crippen LogP contribution in [0.1, 0.15) is 16.7 Å². The van der Waals surface area contributed by atoms with Crippen LogP contribution >= 0.6 is 23.2 Å². The minimum absolute atomic E-state index is 0.390. The normalized spacial score (nSPS) is 10.5. The van der Waals surface area contributed by atoms with Crippen molar-refractivity contribution in [3.05, 3.63) is 57.1 Å². The summed E-state index contributed by atoms with van der Waals surface area (Å²) in [5.41, 5.74) is 9.51. The van der Waals surface area contributed by atoms with E-state index in [2.05, 4.69) is 0 Å². The van der Waals surface area contributed by atoms with Crippen LogP contribution in [0.3, 0.4) is 0 Å². The molecule has 0 atom stereocenters. The van der Waals surface area contributed by atoms with Gasteiger partial charge in [0, 0.05) is 26.9 Å². The first-order valence-corrected chi connectivity index (χ1v) is 6.67. The lowest BCUT2D eigenvalue weighted by molar-refractivity contribution is 0.302. The maximum Gasteiger partial charge on any atom is 0.127 e. The molecule has 0 amide bonds. The second kappa shape index (κ2) is 5.72. The number of nitrogen functional groups attached to an aromatic ring is 1. The zero-order valence-corrected chi connectivity index (χ0v) is 12.3. The van der Waals surface area contributed by atoms with Crippen molar-refractivity contribution in [2.75, 3.05) is 5.73 Å². The molecule has 2 N–H and O–H groups in total. The maximum absolute atomic E-state index is 6.12. The standard InChI is InChI=1S/C15H15Cl2NO/c1-9-3-6-14(18)10(2)15(9)19-8-11-4-5-12(16)7-13(11)17/h3-7H,8,18H2,1-2H3. The zero-order valence-electron chi connectivity index (χ0n) is 10.8. The Hall–Kier alpha value is -1.38. The Kier molecular flexibility index (Phi) is 4.23. The molecule has 0 heterocycles. The van der Waals surface area contributed by atoms with Crippen molar-refractivity contribution in [1.29, 1.82) is 0 Å². The van der Waals surface area contributed by atoms with Crippen LogP contribution in [0.2, 0.25) is 10.0 Å². The Morgan fingerprint density at radius 2 is 1.84 bits per heavy atom. The van der Waals surface area contributed by atoms with Gasteiger partial charge in [0.1, 0.15) is 12.4 Å². The molecule has 0 saturated heterocycles. The van der Waals surface area contributed by atoms with Gasteiger partial charge in [0.2, 0.25) is 0 Å². The fraction of sp³-hybridized carbons (Fsp3) is 0.200. The summed E-state index contributed by atoms with van der Waals surface area (Å²) in [4.78, 5) is 0. The van der Waals surface area contributed by atoms with E-state index in [4.69, 9.17) is 33.7 Å². The number of anilines is 1. The summed E-state index contributed by atoms with van der Waals surface area (Å²) in [6.07, 6.45) is 0. The molecule has 0 aliphatic carbocycles. The van der Waals surface area contributed by atoms with Crippen LogP contribution in [0.25, 0.3) is 0 Å². The van der Waals surface area contributed by atoms with Crippen molar-refractivity contribution in [3.8, 4) is 5.75 Å². The number of ether oxygens (including phenoxy) is 1. The van der Waals surface area contributed by atoms with E-state index < -0.39 is 0 Å². The van der Waals surface area contributed by atoms with Gasteiger partial charge in [-0.3, -0.25) is 0 Å². The number of aryl methyl sites for hydroxylation is 1. The molecule has 0 bridgehead atoms. The van der Waals surface area contributed by atoms with E-state index in [0.29, 0.717) is 16.7 Å². The molecule has 0 saturated carbocycles. The Balaban J connectivity index is 2.21. The summed E-state index contributed by atoms with van der Waals surface area (Å²) in [5.74, 6) is 0.811. The summed E-state index contributed by atoms with van der Waals surface area (Å²) in [7, 11) is 0. The summed E-state index contributed by atoms with van der Waals surface area (Å²) in [5, 5.41) is 1.22. The van der Waals surface area contributed by atoms with E-state index >= 15 is 0 Å². The molecule has 0 radical (unpaired) electrons. The third kappa shape index (κ3) is 3.14. The first-order chi connectivity index (χ1) is 8.99. The van der Waals surface area contributed by atoms with Gasteiger partial charge in [-0.25, -0.2) is 0 Å². The Morgan fingerprint density at radius 3 is 2.53 bits per heavy atom. The summed E-state index contributed by atoms with van der Waals surface area (Å²) in [6, 6.07) is 9.20. The highest BCUT2D eigenvalue weighted by Gasteiger charge is 2.08. The highest BCUT2D eigenvalue weighted by atomic mass is 35.5. The van der Waals surface area contributed by atoms with E-state index in [1.807, 2.05) is 32.0 Å². The van der Waals surface area contributed by atoms with E-state index in [9.17, 15) is 0 Å². The minimum atomic E-state index is 0.390. The predicted octanol–water partition coefficient (Wildman–Crippen LogP) is 4.77. The second-order valence-electron chi connectivity index (χ2n) is 4.45. The van der Waals surface area contributed by atoms with E-state index in [1.165, 1.54) is 0 Å². The van der Waals surface area contributed by atoms with Gasteiger partial charge in [0.05, 0.1) is 0 Å². The lowest BCUT2D eigenvalue weighted by Crippen LogP contribution is -2.01. The third-order valence-corrected chi connectivity index (χ3v) is 3.62. The monoisotopic (exact) mass is 295 g/mol. The van der Waals surface area contributed by atoms with Gasteiger partial charge in [-0.05, 0) is 37.6 Å². The van der Waals surface area contributed by atoms with Crippen molar-refractivity contribution in [3.63, 3.8) is 0 Å². The van der Waals surface area contributed by atoms with Gasteiger partial charge in [-0.15, -0.1) is 0 Å². The molecule has 0 aliphatic heterocycles. The molecule has 0 aliphatic rings. The van der Waals surface area contributed by atoms with Crippen molar-refractivity contribution in [2.24, 2.45) is 0 Å². The van der Waals surface area contributed by atoms with E-state index in [1.54, 1.807) is 12.1 Å². The molecule has 2 aromatic rings. The summed E-state index contributed by atoms with van der Waals surface area (Å²) in [6.45, 7) is 4.33. The molecule has 2 rings (SSSR count). The molecule has 19 heavy (non-hydrogen) atoms. The Bertz CT molecular complexity index is 611. The van der Waals surface area contributed by atoms with Gasteiger partial charge in [-0.2, -0.15) is 0 Å². The molecule has 0 spiro atoms. The molecule has 2 nitrogen and oxygen atoms in total. The number of halogens is 2. The van der Waals surface area contributed by atoms with Crippen molar-refractivity contribution in [2.45, 2.75) is 20.5 Å². The van der Waals surface area contributed by atoms with Crippen LogP contribution in [-0.2, 0) is 6.61 Å². The number of hydrogen-bond acceptors (Lipinski definition) is 2. The highest BCUT2D eigenvalue weighted by molar-refractivity contribution is 6.35. The zero-order chi connectivity index (χ0) is 14.0. The van der Waals surface area contributed by atoms with Crippen LogP contribution in [-0.4, -0.2) is 0 Å². The molecular formula is C15H15Cl2NO. The van der Waals surface area contributed by atoms with Crippen LogP contribution in [0, 0.1) is 13.8 Å². The largest absolute Gasteiger partial charge is 0.488 e. The molecule has 0 aromatic heterocycles. The van der Waals surface area contributed by atoms with Crippen molar-refractivity contribution >= 4 is 28.9 Å². The average Bonchev–Trinajstić information content (AvgIpc) is 2.36. The topological polar surface area (TPSA) is 35.2 Å². The Morgan fingerprint density at radius 1 is 1.11 bits per heavy atom. The number of hydrogen-bond donors (Lipinski definition) is 1. The van der Waals surface area contributed by atoms with Gasteiger partial charge >= 0.3 is 0 Å². The molecule has 0 unspecified atom stereocenters. The number of nitrogens with two attached hydrogens (primary N) is 1. The molecule has 2 aromatic carbocycles. The lowest BCUT2D eigenvalue weighted by Gasteiger charge is -2.14. The van der Waals surface area contributed by atoms with Gasteiger partial charge < -0.3 is 10.5 Å². The fourth-order valence-corrected chi connectivity index (χ4v) is 2.32. The van der Waals surface area contributed by atoms with E-state index in [-0.39, 0.29) is 0 Å². The minimum Gasteiger partial charge on any atom is -0.488 e. The van der Waals surface area contributed by atoms with Crippen LogP contribution in [0.15, 0.2) is 30.3 Å². The molecule has 0 fully saturated rings. The smallest absolute Gasteiger partial charge is 0.127 e. The predicted molar refractivity (Wildman–Crippen MR) is 81.1 cm³/mol. The first kappa shape index (κ1) is 14.0. The third-order valence-electron chi connectivity index (χ3n) is 3.03. The van der Waals surface area contributed by atoms with Gasteiger partial charge in [-0.1, -0.05) is 35.3 Å². The molecule has 4 heteroatoms. The Labute approximate surface area is 123 Å². The first-order valence-electron chi connectivity index (χ1n) is 5.91. The van der Waals surface area contributed by atoms with Crippen molar-refractivity contribution in [1.82, 2.24) is 0 Å². The highest BCUT2D eigenvalue weighted by Crippen LogP contribution is 2.29. The quantitative estimate of drug-likeness (QED) is 0.828. The lowest BCUT2D eigenvalue weighted by atomic mass is 10.1. The van der Waals surface area contributed by atoms with Crippen LogP contribution in [0.5, 0.6) is 5.75 Å². The maximum atomic E-state index is 6.12. The second-order valence-corrected chi connectivity index (χ2v) is 5.29. The van der Waals surface area contributed by atoms with Crippen LogP contribution < -0.4 is 10.5 Å².